The fourth-order valence-corrected chi connectivity index (χ4v) is 3.00. The second-order valence-electron chi connectivity index (χ2n) is 4.93. The highest BCUT2D eigenvalue weighted by Gasteiger charge is 2.24. The summed E-state index contributed by atoms with van der Waals surface area (Å²) in [6, 6.07) is 3.38. The lowest BCUT2D eigenvalue weighted by atomic mass is 10.0. The molecule has 2 heterocycles. The number of fused-ring (bicyclic) bond motifs is 1. The summed E-state index contributed by atoms with van der Waals surface area (Å²) in [5.74, 6) is 0.360. The van der Waals surface area contributed by atoms with Crippen LogP contribution in [0, 0.1) is 0 Å². The predicted molar refractivity (Wildman–Crippen MR) is 76.2 cm³/mol. The Hall–Kier alpha value is -1.40. The summed E-state index contributed by atoms with van der Waals surface area (Å²) in [5.41, 5.74) is 1.15. The maximum Gasteiger partial charge on any atom is 0.262 e. The minimum Gasteiger partial charge on any atom is -0.482 e. The quantitative estimate of drug-likeness (QED) is 0.859. The van der Waals surface area contributed by atoms with E-state index in [-0.39, 0.29) is 24.4 Å². The number of amides is 1. The molecule has 0 radical (unpaired) electrons. The predicted octanol–water partition coefficient (Wildman–Crippen LogP) is 2.53. The second-order valence-corrected chi connectivity index (χ2v) is 5.78. The van der Waals surface area contributed by atoms with E-state index in [1.165, 1.54) is 0 Å². The van der Waals surface area contributed by atoms with Gasteiger partial charge in [0, 0.05) is 23.1 Å². The molecule has 1 amide bonds. The van der Waals surface area contributed by atoms with Crippen molar-refractivity contribution in [3.8, 4) is 5.75 Å². The van der Waals surface area contributed by atoms with E-state index in [9.17, 15) is 9.59 Å². The van der Waals surface area contributed by atoms with E-state index in [1.54, 1.807) is 12.1 Å². The van der Waals surface area contributed by atoms with Crippen molar-refractivity contribution in [1.82, 2.24) is 0 Å². The lowest BCUT2D eigenvalue weighted by Crippen LogP contribution is -2.25. The van der Waals surface area contributed by atoms with Gasteiger partial charge in [0.05, 0.1) is 11.8 Å². The van der Waals surface area contributed by atoms with E-state index >= 15 is 0 Å². The molecule has 1 fully saturated rings. The summed E-state index contributed by atoms with van der Waals surface area (Å²) in [6.07, 6.45) is 2.34. The lowest BCUT2D eigenvalue weighted by Gasteiger charge is -2.19. The highest BCUT2D eigenvalue weighted by molar-refractivity contribution is 9.10. The van der Waals surface area contributed by atoms with Gasteiger partial charge in [-0.1, -0.05) is 0 Å². The fraction of sp³-hybridized carbons (Fsp3) is 0.429. The third-order valence-corrected chi connectivity index (χ3v) is 4.10. The van der Waals surface area contributed by atoms with Crippen LogP contribution in [-0.2, 0) is 9.53 Å². The molecule has 20 heavy (non-hydrogen) atoms. The van der Waals surface area contributed by atoms with E-state index < -0.39 is 0 Å². The van der Waals surface area contributed by atoms with E-state index in [0.29, 0.717) is 27.9 Å². The number of carbonyl (C=O) groups is 2. The van der Waals surface area contributed by atoms with Crippen LogP contribution in [0.15, 0.2) is 16.6 Å². The van der Waals surface area contributed by atoms with Crippen LogP contribution >= 0.6 is 15.9 Å². The zero-order chi connectivity index (χ0) is 14.1. The normalized spacial score (nSPS) is 21.1. The van der Waals surface area contributed by atoms with Crippen molar-refractivity contribution in [1.29, 1.82) is 0 Å². The molecule has 6 heteroatoms. The van der Waals surface area contributed by atoms with Crippen LogP contribution in [0.4, 0.5) is 5.69 Å². The summed E-state index contributed by atoms with van der Waals surface area (Å²) in [6.45, 7) is 0.715. The van der Waals surface area contributed by atoms with Crippen LogP contribution in [0.5, 0.6) is 5.75 Å². The van der Waals surface area contributed by atoms with Gasteiger partial charge >= 0.3 is 0 Å². The Bertz CT molecular complexity index is 567. The highest BCUT2D eigenvalue weighted by Crippen LogP contribution is 2.34. The molecule has 0 aromatic heterocycles. The zero-order valence-electron chi connectivity index (χ0n) is 10.8. The largest absolute Gasteiger partial charge is 0.482 e. The van der Waals surface area contributed by atoms with Crippen molar-refractivity contribution in [3.05, 3.63) is 22.2 Å². The molecular weight excluding hydrogens is 326 g/mol. The summed E-state index contributed by atoms with van der Waals surface area (Å²) in [5, 5.41) is 2.71. The van der Waals surface area contributed by atoms with E-state index in [0.717, 1.165) is 19.4 Å². The van der Waals surface area contributed by atoms with Crippen LogP contribution in [0.2, 0.25) is 0 Å². The number of carbonyl (C=O) groups excluding carboxylic acids is 2. The van der Waals surface area contributed by atoms with Gasteiger partial charge in [0.2, 0.25) is 0 Å². The number of nitrogens with one attached hydrogen (secondary N) is 1. The number of ether oxygens (including phenoxy) is 2. The van der Waals surface area contributed by atoms with Gasteiger partial charge in [-0.05, 0) is 40.9 Å². The van der Waals surface area contributed by atoms with E-state index in [4.69, 9.17) is 9.47 Å². The molecule has 1 atom stereocenters. The zero-order valence-corrected chi connectivity index (χ0v) is 12.4. The summed E-state index contributed by atoms with van der Waals surface area (Å²) in [4.78, 5) is 23.6. The monoisotopic (exact) mass is 339 g/mol. The second kappa shape index (κ2) is 5.54. The van der Waals surface area contributed by atoms with Crippen molar-refractivity contribution in [3.63, 3.8) is 0 Å². The van der Waals surface area contributed by atoms with Gasteiger partial charge < -0.3 is 14.8 Å². The number of hydrogen-bond acceptors (Lipinski definition) is 4. The van der Waals surface area contributed by atoms with Crippen molar-refractivity contribution < 1.29 is 19.1 Å². The van der Waals surface area contributed by atoms with Gasteiger partial charge in [0.15, 0.2) is 12.4 Å². The first-order chi connectivity index (χ1) is 9.63. The Morgan fingerprint density at radius 1 is 1.45 bits per heavy atom. The molecule has 0 bridgehead atoms. The van der Waals surface area contributed by atoms with E-state index in [2.05, 4.69) is 21.2 Å². The Balaban J connectivity index is 1.82. The topological polar surface area (TPSA) is 64.6 Å². The maximum absolute atomic E-state index is 12.3. The first-order valence-electron chi connectivity index (χ1n) is 6.54. The minimum absolute atomic E-state index is 0.0195. The molecule has 3 rings (SSSR count). The molecule has 1 saturated heterocycles. The van der Waals surface area contributed by atoms with E-state index in [1.807, 2.05) is 0 Å². The molecule has 106 valence electrons. The fourth-order valence-electron chi connectivity index (χ4n) is 2.44. The molecule has 5 nitrogen and oxygen atoms in total. The van der Waals surface area contributed by atoms with Gasteiger partial charge in [-0.2, -0.15) is 0 Å². The summed E-state index contributed by atoms with van der Waals surface area (Å²) >= 11 is 3.38. The van der Waals surface area contributed by atoms with Gasteiger partial charge in [-0.15, -0.1) is 0 Å². The average Bonchev–Trinajstić information content (AvgIpc) is 2.90. The van der Waals surface area contributed by atoms with Crippen molar-refractivity contribution in [2.75, 3.05) is 18.5 Å². The van der Waals surface area contributed by atoms with Crippen molar-refractivity contribution in [2.45, 2.75) is 25.4 Å². The molecule has 0 aliphatic carbocycles. The van der Waals surface area contributed by atoms with Crippen LogP contribution in [0.1, 0.15) is 29.6 Å². The standard InChI is InChI=1S/C14H14BrNO4/c15-10-6-11-13(20-7-14(18)16-11)5-9(10)12(17)4-8-2-1-3-19-8/h5-6,8H,1-4,7H2,(H,16,18). The smallest absolute Gasteiger partial charge is 0.262 e. The Labute approximate surface area is 124 Å². The molecule has 1 unspecified atom stereocenters. The molecule has 1 N–H and O–H groups in total. The number of halogens is 1. The number of benzene rings is 1. The number of anilines is 1. The number of Topliss-reactive ketones (excluding diaryl/α,β-unsaturated/α-hetero) is 1. The first-order valence-corrected chi connectivity index (χ1v) is 7.34. The molecule has 0 spiro atoms. The van der Waals surface area contributed by atoms with Gasteiger partial charge in [0.25, 0.3) is 5.91 Å². The molecule has 2 aliphatic heterocycles. The van der Waals surface area contributed by atoms with Crippen molar-refractivity contribution in [2.24, 2.45) is 0 Å². The third kappa shape index (κ3) is 2.71. The van der Waals surface area contributed by atoms with Crippen LogP contribution < -0.4 is 10.1 Å². The Morgan fingerprint density at radius 2 is 2.30 bits per heavy atom. The molecule has 0 saturated carbocycles. The SMILES string of the molecule is O=C1COc2cc(C(=O)CC3CCCO3)c(Br)cc2N1. The number of ketones is 1. The van der Waals surface area contributed by atoms with Gasteiger partial charge in [-0.3, -0.25) is 9.59 Å². The highest BCUT2D eigenvalue weighted by atomic mass is 79.9. The Morgan fingerprint density at radius 3 is 3.05 bits per heavy atom. The molecular formula is C14H14BrNO4. The minimum atomic E-state index is -0.192. The van der Waals surface area contributed by atoms with Gasteiger partial charge in [-0.25, -0.2) is 0 Å². The summed E-state index contributed by atoms with van der Waals surface area (Å²) < 4.78 is 11.5. The summed E-state index contributed by atoms with van der Waals surface area (Å²) in [7, 11) is 0. The van der Waals surface area contributed by atoms with Crippen LogP contribution in [0.3, 0.4) is 0 Å². The third-order valence-electron chi connectivity index (χ3n) is 3.44. The van der Waals surface area contributed by atoms with Crippen LogP contribution in [0.25, 0.3) is 0 Å². The van der Waals surface area contributed by atoms with Crippen LogP contribution in [-0.4, -0.2) is 31.0 Å². The lowest BCUT2D eigenvalue weighted by molar-refractivity contribution is -0.118. The molecule has 1 aromatic carbocycles. The number of hydrogen-bond donors (Lipinski definition) is 1. The average molecular weight is 340 g/mol. The number of rotatable bonds is 3. The maximum atomic E-state index is 12.3. The molecule has 1 aromatic rings. The Kier molecular flexibility index (Phi) is 3.76. The first kappa shape index (κ1) is 13.6. The van der Waals surface area contributed by atoms with Crippen molar-refractivity contribution >= 4 is 33.3 Å². The molecule has 2 aliphatic rings. The van der Waals surface area contributed by atoms with Gasteiger partial charge in [0.1, 0.15) is 5.75 Å².